The number of methoxy groups -OCH3 is 1. The van der Waals surface area contributed by atoms with E-state index in [1.165, 1.54) is 11.1 Å². The second kappa shape index (κ2) is 10.5. The number of rotatable bonds is 6. The van der Waals surface area contributed by atoms with E-state index in [1.807, 2.05) is 42.2 Å². The summed E-state index contributed by atoms with van der Waals surface area (Å²) in [5, 5.41) is 0. The Morgan fingerprint density at radius 2 is 1.73 bits per heavy atom. The third-order valence-electron chi connectivity index (χ3n) is 6.16. The molecule has 0 N–H and O–H groups in total. The minimum absolute atomic E-state index is 0.0668. The van der Waals surface area contributed by atoms with Crippen LogP contribution in [0.25, 0.3) is 0 Å². The maximum Gasteiger partial charge on any atom is 0.253 e. The number of aryl methyl sites for hydroxylation is 2. The monoisotopic (exact) mass is 444 g/mol. The normalized spacial score (nSPS) is 14.2. The zero-order chi connectivity index (χ0) is 23.2. The number of carbonyl (C=O) groups is 1. The molecule has 3 aromatic rings. The quantitative estimate of drug-likeness (QED) is 0.567. The van der Waals surface area contributed by atoms with E-state index in [0.29, 0.717) is 12.1 Å². The molecule has 0 unspecified atom stereocenters. The Morgan fingerprint density at radius 1 is 0.970 bits per heavy atom. The Labute approximate surface area is 196 Å². The predicted octanol–water partition coefficient (Wildman–Crippen LogP) is 4.30. The van der Waals surface area contributed by atoms with Crippen molar-refractivity contribution in [2.45, 2.75) is 33.1 Å². The standard InChI is InChI=1S/C27H32N4O2/c1-4-25-24(19-21-9-6-5-7-10-21)26(29-20(2)28-25)30-15-8-16-31(18-17-30)27(32)22-11-13-23(33-3)14-12-22/h5-7,9-14H,4,8,15-19H2,1-3H3. The van der Waals surface area contributed by atoms with Crippen LogP contribution in [0, 0.1) is 6.92 Å². The van der Waals surface area contributed by atoms with Crippen molar-refractivity contribution in [3.05, 3.63) is 82.8 Å². The average Bonchev–Trinajstić information content (AvgIpc) is 3.11. The van der Waals surface area contributed by atoms with Crippen LogP contribution in [0.15, 0.2) is 54.6 Å². The van der Waals surface area contributed by atoms with Crippen LogP contribution >= 0.6 is 0 Å². The van der Waals surface area contributed by atoms with Gasteiger partial charge in [-0.1, -0.05) is 37.3 Å². The Balaban J connectivity index is 1.55. The molecule has 1 aromatic heterocycles. The van der Waals surface area contributed by atoms with Crippen LogP contribution in [-0.4, -0.2) is 54.1 Å². The number of ether oxygens (including phenoxy) is 1. The SMILES string of the molecule is CCc1nc(C)nc(N2CCCN(C(=O)c3ccc(OC)cc3)CC2)c1Cc1ccccc1. The second-order valence-corrected chi connectivity index (χ2v) is 8.40. The molecule has 2 aromatic carbocycles. The minimum Gasteiger partial charge on any atom is -0.497 e. The summed E-state index contributed by atoms with van der Waals surface area (Å²) in [6, 6.07) is 17.8. The van der Waals surface area contributed by atoms with Crippen LogP contribution in [0.5, 0.6) is 5.75 Å². The molecule has 4 rings (SSSR count). The van der Waals surface area contributed by atoms with Gasteiger partial charge in [-0.3, -0.25) is 4.79 Å². The van der Waals surface area contributed by atoms with Gasteiger partial charge in [-0.2, -0.15) is 0 Å². The highest BCUT2D eigenvalue weighted by molar-refractivity contribution is 5.94. The summed E-state index contributed by atoms with van der Waals surface area (Å²) in [5.41, 5.74) is 4.26. The lowest BCUT2D eigenvalue weighted by Crippen LogP contribution is -2.35. The summed E-state index contributed by atoms with van der Waals surface area (Å²) in [6.07, 6.45) is 2.58. The van der Waals surface area contributed by atoms with Crippen LogP contribution in [-0.2, 0) is 12.8 Å². The first-order valence-electron chi connectivity index (χ1n) is 11.7. The van der Waals surface area contributed by atoms with Gasteiger partial charge in [-0.25, -0.2) is 9.97 Å². The molecule has 0 aliphatic carbocycles. The fourth-order valence-corrected chi connectivity index (χ4v) is 4.42. The molecule has 0 saturated carbocycles. The lowest BCUT2D eigenvalue weighted by molar-refractivity contribution is 0.0767. The molecule has 1 aliphatic rings. The predicted molar refractivity (Wildman–Crippen MR) is 131 cm³/mol. The van der Waals surface area contributed by atoms with Gasteiger partial charge in [-0.05, 0) is 49.6 Å². The van der Waals surface area contributed by atoms with E-state index in [0.717, 1.165) is 62.0 Å². The average molecular weight is 445 g/mol. The first-order valence-corrected chi connectivity index (χ1v) is 11.7. The second-order valence-electron chi connectivity index (χ2n) is 8.40. The van der Waals surface area contributed by atoms with Gasteiger partial charge in [0.1, 0.15) is 17.4 Å². The summed E-state index contributed by atoms with van der Waals surface area (Å²) in [5.74, 6) is 2.64. The Kier molecular flexibility index (Phi) is 7.23. The number of hydrogen-bond acceptors (Lipinski definition) is 5. The summed E-state index contributed by atoms with van der Waals surface area (Å²) in [4.78, 5) is 27.0. The molecule has 0 bridgehead atoms. The van der Waals surface area contributed by atoms with Crippen molar-refractivity contribution in [2.24, 2.45) is 0 Å². The van der Waals surface area contributed by atoms with E-state index in [9.17, 15) is 4.79 Å². The summed E-state index contributed by atoms with van der Waals surface area (Å²) >= 11 is 0. The number of nitrogens with zero attached hydrogens (tertiary/aromatic N) is 4. The molecule has 1 fully saturated rings. The fourth-order valence-electron chi connectivity index (χ4n) is 4.42. The van der Waals surface area contributed by atoms with Crippen molar-refractivity contribution in [3.63, 3.8) is 0 Å². The van der Waals surface area contributed by atoms with E-state index in [1.54, 1.807) is 7.11 Å². The van der Waals surface area contributed by atoms with Crippen molar-refractivity contribution in [1.29, 1.82) is 0 Å². The Morgan fingerprint density at radius 3 is 2.42 bits per heavy atom. The number of hydrogen-bond donors (Lipinski definition) is 0. The van der Waals surface area contributed by atoms with Crippen molar-refractivity contribution < 1.29 is 9.53 Å². The number of anilines is 1. The molecule has 1 amide bonds. The number of aromatic nitrogens is 2. The summed E-state index contributed by atoms with van der Waals surface area (Å²) in [7, 11) is 1.63. The van der Waals surface area contributed by atoms with E-state index in [4.69, 9.17) is 14.7 Å². The van der Waals surface area contributed by atoms with Gasteiger partial charge in [0.2, 0.25) is 0 Å². The highest BCUT2D eigenvalue weighted by atomic mass is 16.5. The van der Waals surface area contributed by atoms with Crippen molar-refractivity contribution >= 4 is 11.7 Å². The van der Waals surface area contributed by atoms with Gasteiger partial charge < -0.3 is 14.5 Å². The maximum atomic E-state index is 13.1. The molecular formula is C27H32N4O2. The van der Waals surface area contributed by atoms with Crippen LogP contribution in [0.4, 0.5) is 5.82 Å². The van der Waals surface area contributed by atoms with Crippen LogP contribution < -0.4 is 9.64 Å². The summed E-state index contributed by atoms with van der Waals surface area (Å²) < 4.78 is 5.22. The molecule has 2 heterocycles. The molecule has 0 radical (unpaired) electrons. The summed E-state index contributed by atoms with van der Waals surface area (Å²) in [6.45, 7) is 7.14. The molecule has 6 heteroatoms. The molecule has 33 heavy (non-hydrogen) atoms. The van der Waals surface area contributed by atoms with Crippen LogP contribution in [0.3, 0.4) is 0 Å². The van der Waals surface area contributed by atoms with Crippen LogP contribution in [0.2, 0.25) is 0 Å². The number of benzene rings is 2. The molecule has 6 nitrogen and oxygen atoms in total. The molecule has 0 spiro atoms. The van der Waals surface area contributed by atoms with Crippen molar-refractivity contribution in [2.75, 3.05) is 38.2 Å². The zero-order valence-corrected chi connectivity index (χ0v) is 19.8. The van der Waals surface area contributed by atoms with Gasteiger partial charge >= 0.3 is 0 Å². The van der Waals surface area contributed by atoms with E-state index in [-0.39, 0.29) is 5.91 Å². The molecule has 172 valence electrons. The maximum absolute atomic E-state index is 13.1. The zero-order valence-electron chi connectivity index (χ0n) is 19.8. The van der Waals surface area contributed by atoms with E-state index < -0.39 is 0 Å². The van der Waals surface area contributed by atoms with Gasteiger partial charge in [0.05, 0.1) is 7.11 Å². The lowest BCUT2D eigenvalue weighted by Gasteiger charge is -2.26. The largest absolute Gasteiger partial charge is 0.497 e. The highest BCUT2D eigenvalue weighted by Gasteiger charge is 2.24. The van der Waals surface area contributed by atoms with E-state index in [2.05, 4.69) is 36.1 Å². The van der Waals surface area contributed by atoms with Crippen LogP contribution in [0.1, 0.15) is 46.3 Å². The molecular weight excluding hydrogens is 412 g/mol. The first kappa shape index (κ1) is 22.8. The van der Waals surface area contributed by atoms with Gasteiger partial charge in [0.15, 0.2) is 0 Å². The Bertz CT molecular complexity index is 1080. The smallest absolute Gasteiger partial charge is 0.253 e. The van der Waals surface area contributed by atoms with Gasteiger partial charge in [0, 0.05) is 49.4 Å². The first-order chi connectivity index (χ1) is 16.1. The third kappa shape index (κ3) is 5.33. The molecule has 1 saturated heterocycles. The highest BCUT2D eigenvalue weighted by Crippen LogP contribution is 2.26. The number of amides is 1. The van der Waals surface area contributed by atoms with Gasteiger partial charge in [-0.15, -0.1) is 0 Å². The van der Waals surface area contributed by atoms with Crippen molar-refractivity contribution in [3.8, 4) is 5.75 Å². The Hall–Kier alpha value is -3.41. The molecule has 1 aliphatic heterocycles. The third-order valence-corrected chi connectivity index (χ3v) is 6.16. The minimum atomic E-state index is 0.0668. The number of carbonyl (C=O) groups excluding carboxylic acids is 1. The van der Waals surface area contributed by atoms with Gasteiger partial charge in [0.25, 0.3) is 5.91 Å². The topological polar surface area (TPSA) is 58.6 Å². The fraction of sp³-hybridized carbons (Fsp3) is 0.370. The van der Waals surface area contributed by atoms with E-state index >= 15 is 0 Å². The van der Waals surface area contributed by atoms with Crippen molar-refractivity contribution in [1.82, 2.24) is 14.9 Å². The molecule has 0 atom stereocenters. The lowest BCUT2D eigenvalue weighted by atomic mass is 10.0.